The van der Waals surface area contributed by atoms with Gasteiger partial charge in [0.1, 0.15) is 0 Å². The summed E-state index contributed by atoms with van der Waals surface area (Å²) in [5.74, 6) is 0.653. The van der Waals surface area contributed by atoms with Gasteiger partial charge in [-0.1, -0.05) is 119 Å². The van der Waals surface area contributed by atoms with Gasteiger partial charge in [-0.3, -0.25) is 0 Å². The molecule has 176 valence electrons. The second-order valence-electron chi connectivity index (χ2n) is 13.0. The molecule has 0 radical (unpaired) electrons. The number of fused-ring (bicyclic) bond motifs is 1. The lowest BCUT2D eigenvalue weighted by Gasteiger charge is -2.41. The molecule has 2 aromatic rings. The molecule has 3 atom stereocenters. The van der Waals surface area contributed by atoms with Crippen molar-refractivity contribution in [2.24, 2.45) is 22.2 Å². The largest absolute Gasteiger partial charge is 0.0839 e. The molecule has 0 N–H and O–H groups in total. The number of aryl methyl sites for hydroxylation is 1. The summed E-state index contributed by atoms with van der Waals surface area (Å²) in [5.41, 5.74) is 8.13. The summed E-state index contributed by atoms with van der Waals surface area (Å²) in [4.78, 5) is 0. The van der Waals surface area contributed by atoms with Crippen molar-refractivity contribution in [1.82, 2.24) is 0 Å². The molecular weight excluding hydrogens is 396 g/mol. The predicted molar refractivity (Wildman–Crippen MR) is 144 cm³/mol. The second-order valence-corrected chi connectivity index (χ2v) is 13.0. The van der Waals surface area contributed by atoms with Crippen LogP contribution >= 0.6 is 0 Å². The zero-order chi connectivity index (χ0) is 24.1. The molecule has 2 aromatic carbocycles. The maximum absolute atomic E-state index is 2.59. The van der Waals surface area contributed by atoms with E-state index in [1.807, 2.05) is 0 Å². The highest BCUT2D eigenvalue weighted by molar-refractivity contribution is 5.45. The Bertz CT molecular complexity index is 1060. The Balaban J connectivity index is 1.81. The van der Waals surface area contributed by atoms with E-state index in [4.69, 9.17) is 0 Å². The van der Waals surface area contributed by atoms with Crippen molar-refractivity contribution in [3.05, 3.63) is 94.6 Å². The first kappa shape index (κ1) is 24.1. The Labute approximate surface area is 203 Å². The molecular formula is C33H44. The van der Waals surface area contributed by atoms with Crippen LogP contribution in [0.5, 0.6) is 0 Å². The van der Waals surface area contributed by atoms with Crippen molar-refractivity contribution < 1.29 is 0 Å². The molecule has 0 aliphatic heterocycles. The molecule has 1 saturated carbocycles. The van der Waals surface area contributed by atoms with Crippen molar-refractivity contribution in [2.45, 2.75) is 86.5 Å². The topological polar surface area (TPSA) is 0 Å². The van der Waals surface area contributed by atoms with Crippen LogP contribution in [0.4, 0.5) is 0 Å². The van der Waals surface area contributed by atoms with Gasteiger partial charge < -0.3 is 0 Å². The molecule has 0 heteroatoms. The van der Waals surface area contributed by atoms with Crippen LogP contribution in [0.3, 0.4) is 0 Å². The monoisotopic (exact) mass is 440 g/mol. The average Bonchev–Trinajstić information content (AvgIpc) is 3.42. The Kier molecular flexibility index (Phi) is 6.05. The van der Waals surface area contributed by atoms with Crippen molar-refractivity contribution in [2.75, 3.05) is 0 Å². The van der Waals surface area contributed by atoms with Crippen LogP contribution in [-0.4, -0.2) is 0 Å². The Morgan fingerprint density at radius 1 is 0.848 bits per heavy atom. The SMILES string of the molecule is CC1=CC2CC2(C(C)(Cc2ccccc2)c2cc(C)cc(CC(C)(C)C(C)(C)C)c2)C=CC1. The number of rotatable bonds is 6. The first-order valence-corrected chi connectivity index (χ1v) is 12.9. The minimum atomic E-state index is 0.0588. The molecule has 3 unspecified atom stereocenters. The van der Waals surface area contributed by atoms with Gasteiger partial charge in [-0.2, -0.15) is 0 Å². The van der Waals surface area contributed by atoms with Gasteiger partial charge in [-0.25, -0.2) is 0 Å². The van der Waals surface area contributed by atoms with Gasteiger partial charge in [0.2, 0.25) is 0 Å². The van der Waals surface area contributed by atoms with E-state index in [1.54, 1.807) is 0 Å². The minimum Gasteiger partial charge on any atom is -0.0839 e. The van der Waals surface area contributed by atoms with Gasteiger partial charge in [0, 0.05) is 10.8 Å². The molecule has 4 rings (SSSR count). The lowest BCUT2D eigenvalue weighted by atomic mass is 9.63. The van der Waals surface area contributed by atoms with Gasteiger partial charge in [-0.05, 0) is 73.0 Å². The van der Waals surface area contributed by atoms with Gasteiger partial charge in [0.05, 0.1) is 0 Å². The summed E-state index contributed by atoms with van der Waals surface area (Å²) in [6.45, 7) is 19.1. The van der Waals surface area contributed by atoms with Crippen molar-refractivity contribution in [3.63, 3.8) is 0 Å². The third-order valence-corrected chi connectivity index (χ3v) is 9.28. The van der Waals surface area contributed by atoms with Gasteiger partial charge >= 0.3 is 0 Å². The lowest BCUT2D eigenvalue weighted by molar-refractivity contribution is 0.132. The van der Waals surface area contributed by atoms with Gasteiger partial charge in [0.25, 0.3) is 0 Å². The van der Waals surface area contributed by atoms with E-state index in [-0.39, 0.29) is 21.7 Å². The quantitative estimate of drug-likeness (QED) is 0.393. The summed E-state index contributed by atoms with van der Waals surface area (Å²) in [6, 6.07) is 18.6. The van der Waals surface area contributed by atoms with E-state index < -0.39 is 0 Å². The van der Waals surface area contributed by atoms with E-state index in [1.165, 1.54) is 34.2 Å². The second kappa shape index (κ2) is 8.30. The van der Waals surface area contributed by atoms with E-state index in [2.05, 4.69) is 122 Å². The van der Waals surface area contributed by atoms with Gasteiger partial charge in [0.15, 0.2) is 0 Å². The fourth-order valence-electron chi connectivity index (χ4n) is 5.99. The smallest absolute Gasteiger partial charge is 0.00620 e. The third-order valence-electron chi connectivity index (χ3n) is 9.28. The third kappa shape index (κ3) is 4.51. The molecule has 2 aliphatic carbocycles. The van der Waals surface area contributed by atoms with Gasteiger partial charge in [-0.15, -0.1) is 0 Å². The van der Waals surface area contributed by atoms with Crippen LogP contribution in [0.25, 0.3) is 0 Å². The minimum absolute atomic E-state index is 0.0588. The molecule has 33 heavy (non-hydrogen) atoms. The molecule has 0 aromatic heterocycles. The lowest BCUT2D eigenvalue weighted by Crippen LogP contribution is -2.37. The zero-order valence-electron chi connectivity index (χ0n) is 22.3. The predicted octanol–water partition coefficient (Wildman–Crippen LogP) is 9.02. The molecule has 0 bridgehead atoms. The molecule has 2 aliphatic rings. The standard InChI is InChI=1S/C33H44/c1-24-13-12-16-33(23-29(33)18-24)32(8,22-26-14-10-9-11-15-26)28-19-25(2)17-27(20-28)21-31(6,7)30(3,4)5/h9-12,14-20,29H,13,21-23H2,1-8H3. The maximum Gasteiger partial charge on any atom is 0.00620 e. The normalized spacial score (nSPS) is 24.5. The number of allylic oxidation sites excluding steroid dienone is 4. The zero-order valence-corrected chi connectivity index (χ0v) is 22.3. The van der Waals surface area contributed by atoms with Crippen LogP contribution in [-0.2, 0) is 18.3 Å². The van der Waals surface area contributed by atoms with Crippen molar-refractivity contribution in [3.8, 4) is 0 Å². The number of benzene rings is 2. The van der Waals surface area contributed by atoms with E-state index >= 15 is 0 Å². The molecule has 0 nitrogen and oxygen atoms in total. The molecule has 0 amide bonds. The van der Waals surface area contributed by atoms with E-state index in [9.17, 15) is 0 Å². The Morgan fingerprint density at radius 2 is 1.55 bits per heavy atom. The fraction of sp³-hybridized carbons (Fsp3) is 0.515. The van der Waals surface area contributed by atoms with E-state index in [0.717, 1.165) is 19.3 Å². The average molecular weight is 441 g/mol. The molecule has 0 saturated heterocycles. The number of hydrogen-bond acceptors (Lipinski definition) is 0. The van der Waals surface area contributed by atoms with Crippen LogP contribution in [0.1, 0.15) is 83.6 Å². The van der Waals surface area contributed by atoms with Crippen LogP contribution < -0.4 is 0 Å². The highest BCUT2D eigenvalue weighted by atomic mass is 14.6. The van der Waals surface area contributed by atoms with E-state index in [0.29, 0.717) is 5.92 Å². The van der Waals surface area contributed by atoms with Crippen LogP contribution in [0.15, 0.2) is 72.3 Å². The summed E-state index contributed by atoms with van der Waals surface area (Å²) in [5, 5.41) is 0. The van der Waals surface area contributed by atoms with Crippen LogP contribution in [0.2, 0.25) is 0 Å². The maximum atomic E-state index is 2.59. The van der Waals surface area contributed by atoms with Crippen LogP contribution in [0, 0.1) is 29.1 Å². The number of hydrogen-bond donors (Lipinski definition) is 0. The summed E-state index contributed by atoms with van der Waals surface area (Å²) in [6.07, 6.45) is 12.2. The first-order valence-electron chi connectivity index (χ1n) is 12.9. The molecule has 0 heterocycles. The Morgan fingerprint density at radius 3 is 2.21 bits per heavy atom. The fourth-order valence-corrected chi connectivity index (χ4v) is 5.99. The highest BCUT2D eigenvalue weighted by Gasteiger charge is 2.62. The summed E-state index contributed by atoms with van der Waals surface area (Å²) in [7, 11) is 0. The first-order chi connectivity index (χ1) is 15.4. The summed E-state index contributed by atoms with van der Waals surface area (Å²) >= 11 is 0. The van der Waals surface area contributed by atoms with Crippen molar-refractivity contribution >= 4 is 0 Å². The molecule has 1 fully saturated rings. The Hall–Kier alpha value is -2.08. The van der Waals surface area contributed by atoms with Crippen molar-refractivity contribution in [1.29, 1.82) is 0 Å². The molecule has 0 spiro atoms. The summed E-state index contributed by atoms with van der Waals surface area (Å²) < 4.78 is 0. The highest BCUT2D eigenvalue weighted by Crippen LogP contribution is 2.67.